The monoisotopic (exact) mass is 314 g/mol. The summed E-state index contributed by atoms with van der Waals surface area (Å²) >= 11 is 1.81. The van der Waals surface area contributed by atoms with E-state index in [4.69, 9.17) is 4.98 Å². The van der Waals surface area contributed by atoms with E-state index in [1.54, 1.807) is 7.05 Å². The summed E-state index contributed by atoms with van der Waals surface area (Å²) in [4.78, 5) is 17.9. The minimum absolute atomic E-state index is 0.0406. The van der Waals surface area contributed by atoms with Crippen LogP contribution in [0.1, 0.15) is 59.6 Å². The molecular formula is C18H22N2OS. The topological polar surface area (TPSA) is 42.0 Å². The largest absolute Gasteiger partial charge is 0.355 e. The first-order chi connectivity index (χ1) is 10.7. The van der Waals surface area contributed by atoms with Gasteiger partial charge in [0.1, 0.15) is 0 Å². The van der Waals surface area contributed by atoms with Gasteiger partial charge < -0.3 is 5.32 Å². The number of carbonyl (C=O) groups excluding carboxylic acids is 1. The zero-order chi connectivity index (χ0) is 15.5. The molecule has 0 unspecified atom stereocenters. The number of carbonyl (C=O) groups is 1. The molecule has 3 nitrogen and oxygen atoms in total. The Kier molecular flexibility index (Phi) is 4.57. The van der Waals surface area contributed by atoms with E-state index in [9.17, 15) is 4.79 Å². The Morgan fingerprint density at radius 3 is 2.55 bits per heavy atom. The van der Waals surface area contributed by atoms with Gasteiger partial charge in [0.2, 0.25) is 0 Å². The molecule has 22 heavy (non-hydrogen) atoms. The number of rotatable bonds is 4. The molecule has 2 aromatic rings. The van der Waals surface area contributed by atoms with Crippen molar-refractivity contribution in [2.75, 3.05) is 7.05 Å². The maximum absolute atomic E-state index is 11.7. The summed E-state index contributed by atoms with van der Waals surface area (Å²) in [5, 5.41) is 3.88. The Morgan fingerprint density at radius 1 is 1.27 bits per heavy atom. The molecule has 1 aliphatic rings. The summed E-state index contributed by atoms with van der Waals surface area (Å²) in [6.45, 7) is 2.16. The SMILES string of the molecule is CCc1nc(C2CCCC2)c(-c2ccc(C(=O)NC)cc2)s1. The summed E-state index contributed by atoms with van der Waals surface area (Å²) in [5.74, 6) is 0.575. The number of aromatic nitrogens is 1. The fraction of sp³-hybridized carbons (Fsp3) is 0.444. The summed E-state index contributed by atoms with van der Waals surface area (Å²) in [5.41, 5.74) is 3.17. The van der Waals surface area contributed by atoms with Gasteiger partial charge in [-0.1, -0.05) is 31.9 Å². The second kappa shape index (κ2) is 6.61. The van der Waals surface area contributed by atoms with Crippen LogP contribution >= 0.6 is 11.3 Å². The molecule has 1 aromatic carbocycles. The molecule has 1 aromatic heterocycles. The molecule has 0 spiro atoms. The first-order valence-corrected chi connectivity index (χ1v) is 8.86. The highest BCUT2D eigenvalue weighted by Crippen LogP contribution is 2.41. The van der Waals surface area contributed by atoms with Crippen molar-refractivity contribution in [3.05, 3.63) is 40.5 Å². The Balaban J connectivity index is 1.96. The Labute approximate surface area is 135 Å². The number of nitrogens with zero attached hydrogens (tertiary/aromatic N) is 1. The third-order valence-corrected chi connectivity index (χ3v) is 5.64. The van der Waals surface area contributed by atoms with Gasteiger partial charge in [-0.05, 0) is 37.0 Å². The second-order valence-corrected chi connectivity index (χ2v) is 6.90. The van der Waals surface area contributed by atoms with E-state index < -0.39 is 0 Å². The van der Waals surface area contributed by atoms with E-state index in [0.717, 1.165) is 6.42 Å². The van der Waals surface area contributed by atoms with Crippen LogP contribution in [0.15, 0.2) is 24.3 Å². The van der Waals surface area contributed by atoms with Gasteiger partial charge in [0.05, 0.1) is 15.6 Å². The molecule has 0 aliphatic heterocycles. The van der Waals surface area contributed by atoms with Crippen molar-refractivity contribution in [3.8, 4) is 10.4 Å². The fourth-order valence-electron chi connectivity index (χ4n) is 3.13. The third-order valence-electron chi connectivity index (χ3n) is 4.38. The van der Waals surface area contributed by atoms with Crippen LogP contribution in [0.25, 0.3) is 10.4 Å². The zero-order valence-electron chi connectivity index (χ0n) is 13.2. The highest BCUT2D eigenvalue weighted by molar-refractivity contribution is 7.15. The smallest absolute Gasteiger partial charge is 0.251 e. The number of thiazole rings is 1. The Bertz CT molecular complexity index is 654. The molecule has 1 heterocycles. The second-order valence-electron chi connectivity index (χ2n) is 5.81. The molecular weight excluding hydrogens is 292 g/mol. The molecule has 0 bridgehead atoms. The molecule has 4 heteroatoms. The molecule has 0 saturated heterocycles. The van der Waals surface area contributed by atoms with Crippen LogP contribution in [-0.4, -0.2) is 17.9 Å². The standard InChI is InChI=1S/C18H22N2OS/c1-3-15-20-16(12-6-4-5-7-12)17(22-15)13-8-10-14(11-9-13)18(21)19-2/h8-12H,3-7H2,1-2H3,(H,19,21). The molecule has 3 rings (SSSR count). The summed E-state index contributed by atoms with van der Waals surface area (Å²) in [7, 11) is 1.66. The van der Waals surface area contributed by atoms with E-state index in [-0.39, 0.29) is 5.91 Å². The average molecular weight is 314 g/mol. The van der Waals surface area contributed by atoms with Crippen molar-refractivity contribution in [1.29, 1.82) is 0 Å². The lowest BCUT2D eigenvalue weighted by molar-refractivity contribution is 0.0963. The summed E-state index contributed by atoms with van der Waals surface area (Å²) in [6, 6.07) is 7.90. The van der Waals surface area contributed by atoms with Crippen molar-refractivity contribution in [3.63, 3.8) is 0 Å². The van der Waals surface area contributed by atoms with Crippen LogP contribution in [0, 0.1) is 0 Å². The van der Waals surface area contributed by atoms with Crippen molar-refractivity contribution in [1.82, 2.24) is 10.3 Å². The molecule has 1 amide bonds. The number of nitrogens with one attached hydrogen (secondary N) is 1. The molecule has 1 fully saturated rings. The molecule has 1 aliphatic carbocycles. The Morgan fingerprint density at radius 2 is 1.95 bits per heavy atom. The van der Waals surface area contributed by atoms with Gasteiger partial charge in [-0.2, -0.15) is 0 Å². The lowest BCUT2D eigenvalue weighted by Gasteiger charge is -2.09. The van der Waals surface area contributed by atoms with E-state index in [1.807, 2.05) is 23.5 Å². The van der Waals surface area contributed by atoms with Crippen molar-refractivity contribution in [2.45, 2.75) is 44.9 Å². The number of benzene rings is 1. The van der Waals surface area contributed by atoms with Gasteiger partial charge in [0.25, 0.3) is 5.91 Å². The quantitative estimate of drug-likeness (QED) is 0.909. The van der Waals surface area contributed by atoms with Crippen LogP contribution < -0.4 is 5.32 Å². The maximum atomic E-state index is 11.7. The first-order valence-electron chi connectivity index (χ1n) is 8.05. The van der Waals surface area contributed by atoms with Gasteiger partial charge in [-0.25, -0.2) is 4.98 Å². The normalized spacial score (nSPS) is 15.2. The summed E-state index contributed by atoms with van der Waals surface area (Å²) in [6.07, 6.45) is 6.14. The highest BCUT2D eigenvalue weighted by atomic mass is 32.1. The van der Waals surface area contributed by atoms with Crippen molar-refractivity contribution < 1.29 is 4.79 Å². The van der Waals surface area contributed by atoms with Gasteiger partial charge in [0.15, 0.2) is 0 Å². The van der Waals surface area contributed by atoms with Gasteiger partial charge in [-0.15, -0.1) is 11.3 Å². The number of hydrogen-bond donors (Lipinski definition) is 1. The molecule has 0 atom stereocenters. The van der Waals surface area contributed by atoms with Crippen LogP contribution in [0.2, 0.25) is 0 Å². The average Bonchev–Trinajstić information content (AvgIpc) is 3.23. The Hall–Kier alpha value is -1.68. The fourth-order valence-corrected chi connectivity index (χ4v) is 4.22. The van der Waals surface area contributed by atoms with E-state index >= 15 is 0 Å². The van der Waals surface area contributed by atoms with Crippen molar-refractivity contribution >= 4 is 17.2 Å². The maximum Gasteiger partial charge on any atom is 0.251 e. The highest BCUT2D eigenvalue weighted by Gasteiger charge is 2.24. The van der Waals surface area contributed by atoms with Crippen molar-refractivity contribution in [2.24, 2.45) is 0 Å². The minimum Gasteiger partial charge on any atom is -0.355 e. The van der Waals surface area contributed by atoms with Crippen LogP contribution in [0.5, 0.6) is 0 Å². The summed E-state index contributed by atoms with van der Waals surface area (Å²) < 4.78 is 0. The van der Waals surface area contributed by atoms with E-state index in [0.29, 0.717) is 11.5 Å². The van der Waals surface area contributed by atoms with Crippen LogP contribution in [0.3, 0.4) is 0 Å². The predicted octanol–water partition coefficient (Wildman–Crippen LogP) is 4.39. The van der Waals surface area contributed by atoms with E-state index in [1.165, 1.54) is 46.8 Å². The third kappa shape index (κ3) is 2.93. The zero-order valence-corrected chi connectivity index (χ0v) is 14.0. The van der Waals surface area contributed by atoms with E-state index in [2.05, 4.69) is 24.4 Å². The predicted molar refractivity (Wildman–Crippen MR) is 91.5 cm³/mol. The first kappa shape index (κ1) is 15.2. The molecule has 0 radical (unpaired) electrons. The number of aryl methyl sites for hydroxylation is 1. The van der Waals surface area contributed by atoms with Crippen LogP contribution in [-0.2, 0) is 6.42 Å². The van der Waals surface area contributed by atoms with Gasteiger partial charge >= 0.3 is 0 Å². The van der Waals surface area contributed by atoms with Gasteiger partial charge in [0, 0.05) is 18.5 Å². The van der Waals surface area contributed by atoms with Crippen LogP contribution in [0.4, 0.5) is 0 Å². The molecule has 1 N–H and O–H groups in total. The molecule has 116 valence electrons. The lowest BCUT2D eigenvalue weighted by Crippen LogP contribution is -2.17. The van der Waals surface area contributed by atoms with Gasteiger partial charge in [-0.3, -0.25) is 4.79 Å². The molecule has 1 saturated carbocycles. The number of hydrogen-bond acceptors (Lipinski definition) is 3. The number of amides is 1. The lowest BCUT2D eigenvalue weighted by atomic mass is 9.99. The minimum atomic E-state index is -0.0406.